The summed E-state index contributed by atoms with van der Waals surface area (Å²) in [6, 6.07) is 9.29. The summed E-state index contributed by atoms with van der Waals surface area (Å²) < 4.78 is 7.06. The van der Waals surface area contributed by atoms with Gasteiger partial charge in [-0.1, -0.05) is 12.1 Å². The number of ether oxygens (including phenoxy) is 1. The van der Waals surface area contributed by atoms with Gasteiger partial charge < -0.3 is 4.74 Å². The number of halogens is 1. The maximum absolute atomic E-state index is 11.7. The molecule has 0 fully saturated rings. The lowest BCUT2D eigenvalue weighted by molar-refractivity contribution is 0.0525. The summed E-state index contributed by atoms with van der Waals surface area (Å²) in [4.78, 5) is 11.7. The average molecular weight is 334 g/mol. The zero-order valence-corrected chi connectivity index (χ0v) is 12.4. The van der Waals surface area contributed by atoms with E-state index in [1.807, 2.05) is 12.1 Å². The number of esters is 1. The maximum Gasteiger partial charge on any atom is 0.342 e. The molecule has 6 heteroatoms. The van der Waals surface area contributed by atoms with Crippen LogP contribution in [0.2, 0.25) is 0 Å². The minimum atomic E-state index is -0.398. The number of nitriles is 1. The van der Waals surface area contributed by atoms with Crippen LogP contribution in [0.3, 0.4) is 0 Å². The summed E-state index contributed by atoms with van der Waals surface area (Å²) in [6.45, 7) is 2.60. The molecular weight excluding hydrogens is 322 g/mol. The van der Waals surface area contributed by atoms with Gasteiger partial charge in [-0.25, -0.2) is 4.79 Å². The lowest BCUT2D eigenvalue weighted by Gasteiger charge is -2.01. The first-order chi connectivity index (χ1) is 9.63. The molecule has 5 nitrogen and oxygen atoms in total. The van der Waals surface area contributed by atoms with Crippen molar-refractivity contribution in [1.29, 1.82) is 5.26 Å². The number of aromatic nitrogens is 2. The molecule has 20 heavy (non-hydrogen) atoms. The van der Waals surface area contributed by atoms with Gasteiger partial charge in [0.15, 0.2) is 0 Å². The summed E-state index contributed by atoms with van der Waals surface area (Å²) in [7, 11) is 0. The molecule has 0 spiro atoms. The van der Waals surface area contributed by atoms with E-state index in [4.69, 9.17) is 10.00 Å². The van der Waals surface area contributed by atoms with Crippen LogP contribution in [0.1, 0.15) is 28.4 Å². The van der Waals surface area contributed by atoms with Gasteiger partial charge in [0.2, 0.25) is 0 Å². The van der Waals surface area contributed by atoms with Gasteiger partial charge in [-0.3, -0.25) is 4.68 Å². The minimum absolute atomic E-state index is 0.325. The summed E-state index contributed by atoms with van der Waals surface area (Å²) >= 11 is 3.25. The van der Waals surface area contributed by atoms with Crippen LogP contribution in [-0.2, 0) is 11.3 Å². The zero-order chi connectivity index (χ0) is 14.5. The van der Waals surface area contributed by atoms with Crippen LogP contribution in [0.25, 0.3) is 0 Å². The first kappa shape index (κ1) is 14.3. The number of carbonyl (C=O) groups excluding carboxylic acids is 1. The second kappa shape index (κ2) is 6.35. The standard InChI is InChI=1S/C14H12BrN3O2/c1-2-20-14(19)12-9-18(17-13(12)15)8-11-5-3-10(7-16)4-6-11/h3-6,9H,2,8H2,1H3. The highest BCUT2D eigenvalue weighted by Gasteiger charge is 2.15. The molecule has 0 N–H and O–H groups in total. The van der Waals surface area contributed by atoms with Crippen molar-refractivity contribution in [3.63, 3.8) is 0 Å². The Hall–Kier alpha value is -2.13. The van der Waals surface area contributed by atoms with Crippen molar-refractivity contribution in [2.75, 3.05) is 6.61 Å². The Labute approximate surface area is 124 Å². The predicted molar refractivity (Wildman–Crippen MR) is 76.1 cm³/mol. The van der Waals surface area contributed by atoms with Crippen molar-refractivity contribution >= 4 is 21.9 Å². The van der Waals surface area contributed by atoms with Crippen LogP contribution in [0.15, 0.2) is 35.1 Å². The van der Waals surface area contributed by atoms with E-state index in [-0.39, 0.29) is 0 Å². The topological polar surface area (TPSA) is 67.9 Å². The molecule has 0 aliphatic carbocycles. The molecule has 0 aliphatic rings. The van der Waals surface area contributed by atoms with Crippen LogP contribution in [0, 0.1) is 11.3 Å². The van der Waals surface area contributed by atoms with Gasteiger partial charge in [0.05, 0.1) is 24.8 Å². The molecule has 0 atom stereocenters. The van der Waals surface area contributed by atoms with E-state index in [0.717, 1.165) is 5.56 Å². The highest BCUT2D eigenvalue weighted by atomic mass is 79.9. The van der Waals surface area contributed by atoms with Crippen molar-refractivity contribution in [2.24, 2.45) is 0 Å². The Morgan fingerprint density at radius 1 is 1.45 bits per heavy atom. The highest BCUT2D eigenvalue weighted by Crippen LogP contribution is 2.16. The molecular formula is C14H12BrN3O2. The number of hydrogen-bond acceptors (Lipinski definition) is 4. The van der Waals surface area contributed by atoms with Gasteiger partial charge in [-0.05, 0) is 40.5 Å². The molecule has 102 valence electrons. The molecule has 2 aromatic rings. The number of benzene rings is 1. The number of hydrogen-bond donors (Lipinski definition) is 0. The highest BCUT2D eigenvalue weighted by molar-refractivity contribution is 9.10. The van der Waals surface area contributed by atoms with Crippen molar-refractivity contribution in [3.05, 3.63) is 51.8 Å². The Balaban J connectivity index is 2.15. The van der Waals surface area contributed by atoms with E-state index in [2.05, 4.69) is 27.1 Å². The van der Waals surface area contributed by atoms with Gasteiger partial charge in [-0.15, -0.1) is 0 Å². The zero-order valence-electron chi connectivity index (χ0n) is 10.8. The normalized spacial score (nSPS) is 10.1. The van der Waals surface area contributed by atoms with E-state index < -0.39 is 5.97 Å². The fraction of sp³-hybridized carbons (Fsp3) is 0.214. The molecule has 0 aliphatic heterocycles. The molecule has 0 amide bonds. The van der Waals surface area contributed by atoms with E-state index >= 15 is 0 Å². The second-order valence-corrected chi connectivity index (χ2v) is 4.81. The monoisotopic (exact) mass is 333 g/mol. The third-order valence-electron chi connectivity index (χ3n) is 2.64. The minimum Gasteiger partial charge on any atom is -0.462 e. The van der Waals surface area contributed by atoms with Crippen LogP contribution in [0.4, 0.5) is 0 Å². The van der Waals surface area contributed by atoms with Gasteiger partial charge in [0, 0.05) is 6.20 Å². The van der Waals surface area contributed by atoms with E-state index in [0.29, 0.717) is 28.9 Å². The maximum atomic E-state index is 11.7. The molecule has 0 bridgehead atoms. The van der Waals surface area contributed by atoms with Crippen LogP contribution < -0.4 is 0 Å². The molecule has 1 aromatic carbocycles. The van der Waals surface area contributed by atoms with Crippen molar-refractivity contribution in [3.8, 4) is 6.07 Å². The lowest BCUT2D eigenvalue weighted by Crippen LogP contribution is -2.04. The second-order valence-electron chi connectivity index (χ2n) is 4.06. The molecule has 1 aromatic heterocycles. The fourth-order valence-corrected chi connectivity index (χ4v) is 2.16. The summed E-state index contributed by atoms with van der Waals surface area (Å²) in [5.74, 6) is -0.398. The quantitative estimate of drug-likeness (QED) is 0.807. The van der Waals surface area contributed by atoms with Crippen molar-refractivity contribution < 1.29 is 9.53 Å². The molecule has 0 saturated carbocycles. The SMILES string of the molecule is CCOC(=O)c1cn(Cc2ccc(C#N)cc2)nc1Br. The fourth-order valence-electron chi connectivity index (χ4n) is 1.70. The van der Waals surface area contributed by atoms with Gasteiger partial charge >= 0.3 is 5.97 Å². The van der Waals surface area contributed by atoms with E-state index in [1.165, 1.54) is 0 Å². The smallest absolute Gasteiger partial charge is 0.342 e. The average Bonchev–Trinajstić information content (AvgIpc) is 2.81. The molecule has 1 heterocycles. The first-order valence-electron chi connectivity index (χ1n) is 6.03. The van der Waals surface area contributed by atoms with Gasteiger partial charge in [0.25, 0.3) is 0 Å². The van der Waals surface area contributed by atoms with E-state index in [9.17, 15) is 4.79 Å². The number of carbonyl (C=O) groups is 1. The van der Waals surface area contributed by atoms with E-state index in [1.54, 1.807) is 29.9 Å². The Morgan fingerprint density at radius 3 is 2.75 bits per heavy atom. The summed E-state index contributed by atoms with van der Waals surface area (Å²) in [5.41, 5.74) is 2.01. The molecule has 0 saturated heterocycles. The summed E-state index contributed by atoms with van der Waals surface area (Å²) in [6.07, 6.45) is 1.64. The predicted octanol–water partition coefficient (Wildman–Crippen LogP) is 2.74. The van der Waals surface area contributed by atoms with Crippen LogP contribution >= 0.6 is 15.9 Å². The molecule has 0 radical (unpaired) electrons. The lowest BCUT2D eigenvalue weighted by atomic mass is 10.1. The Bertz CT molecular complexity index is 656. The van der Waals surface area contributed by atoms with Crippen molar-refractivity contribution in [1.82, 2.24) is 9.78 Å². The van der Waals surface area contributed by atoms with Gasteiger partial charge in [-0.2, -0.15) is 10.4 Å². The molecule has 2 rings (SSSR count). The molecule has 0 unspecified atom stereocenters. The van der Waals surface area contributed by atoms with Crippen LogP contribution in [-0.4, -0.2) is 22.4 Å². The van der Waals surface area contributed by atoms with Crippen molar-refractivity contribution in [2.45, 2.75) is 13.5 Å². The largest absolute Gasteiger partial charge is 0.462 e. The van der Waals surface area contributed by atoms with Crippen LogP contribution in [0.5, 0.6) is 0 Å². The third-order valence-corrected chi connectivity index (χ3v) is 3.23. The number of nitrogens with zero attached hydrogens (tertiary/aromatic N) is 3. The van der Waals surface area contributed by atoms with Gasteiger partial charge in [0.1, 0.15) is 10.2 Å². The summed E-state index contributed by atoms with van der Waals surface area (Å²) in [5, 5.41) is 13.0. The Morgan fingerprint density at radius 2 is 2.15 bits per heavy atom. The first-order valence-corrected chi connectivity index (χ1v) is 6.82. The number of rotatable bonds is 4. The third kappa shape index (κ3) is 3.25. The Kier molecular flexibility index (Phi) is 4.53.